The van der Waals surface area contributed by atoms with Crippen LogP contribution in [-0.2, 0) is 18.5 Å². The molecule has 0 radical (unpaired) electrons. The van der Waals surface area contributed by atoms with E-state index in [1.807, 2.05) is 28.8 Å². The van der Waals surface area contributed by atoms with Crippen LogP contribution in [0.15, 0.2) is 34.4 Å². The van der Waals surface area contributed by atoms with E-state index in [4.69, 9.17) is 9.97 Å². The van der Waals surface area contributed by atoms with Crippen LogP contribution in [0.4, 0.5) is 0 Å². The Hall–Kier alpha value is -2.09. The quantitative estimate of drug-likeness (QED) is 0.540. The van der Waals surface area contributed by atoms with Crippen LogP contribution in [0.25, 0.3) is 10.9 Å². The number of thiazole rings is 1. The van der Waals surface area contributed by atoms with Crippen LogP contribution in [0.1, 0.15) is 55.1 Å². The fraction of sp³-hybridized carbons (Fsp3) is 0.607. The molecule has 0 amide bonds. The second-order valence-corrected chi connectivity index (χ2v) is 12.8. The minimum Gasteiger partial charge on any atom is -0.304 e. The average molecular weight is 490 g/mol. The van der Waals surface area contributed by atoms with Gasteiger partial charge in [0.2, 0.25) is 0 Å². The second-order valence-electron chi connectivity index (χ2n) is 11.8. The molecule has 4 bridgehead atoms. The first-order chi connectivity index (χ1) is 17.0. The highest BCUT2D eigenvalue weighted by Crippen LogP contribution is 2.60. The zero-order valence-electron chi connectivity index (χ0n) is 20.7. The number of benzene rings is 1. The zero-order chi connectivity index (χ0) is 23.6. The summed E-state index contributed by atoms with van der Waals surface area (Å²) < 4.78 is 1.91. The van der Waals surface area contributed by atoms with Crippen LogP contribution in [-0.4, -0.2) is 57.6 Å². The van der Waals surface area contributed by atoms with Crippen molar-refractivity contribution in [3.63, 3.8) is 0 Å². The topological polar surface area (TPSA) is 54.3 Å². The second kappa shape index (κ2) is 8.49. The van der Waals surface area contributed by atoms with Crippen molar-refractivity contribution in [2.24, 2.45) is 17.8 Å². The molecule has 8 rings (SSSR count). The molecule has 0 unspecified atom stereocenters. The van der Waals surface area contributed by atoms with E-state index in [2.05, 4.69) is 22.2 Å². The number of likely N-dealkylation sites (N-methyl/N-ethyl adjacent to an activating group) is 1. The predicted octanol–water partition coefficient (Wildman–Crippen LogP) is 4.12. The maximum atomic E-state index is 13.6. The SMILES string of the molecule is CN1CCN(Cc2nc3ccccc3c(=O)n2Cc2nc(C34CC5CC(CC(C5)C3)C4)cs2)CC1. The van der Waals surface area contributed by atoms with Crippen LogP contribution in [0.2, 0.25) is 0 Å². The molecule has 4 saturated carbocycles. The number of piperazine rings is 1. The van der Waals surface area contributed by atoms with E-state index >= 15 is 0 Å². The van der Waals surface area contributed by atoms with Crippen molar-refractivity contribution in [2.75, 3.05) is 33.2 Å². The molecule has 5 aliphatic rings. The van der Waals surface area contributed by atoms with Crippen LogP contribution >= 0.6 is 11.3 Å². The molecule has 7 heteroatoms. The molecule has 5 fully saturated rings. The van der Waals surface area contributed by atoms with E-state index in [1.165, 1.54) is 44.2 Å². The summed E-state index contributed by atoms with van der Waals surface area (Å²) in [5.74, 6) is 3.60. The molecule has 1 aromatic carbocycles. The van der Waals surface area contributed by atoms with Gasteiger partial charge in [-0.15, -0.1) is 11.3 Å². The van der Waals surface area contributed by atoms with Crippen LogP contribution < -0.4 is 5.56 Å². The Morgan fingerprint density at radius 3 is 2.34 bits per heavy atom. The molecular formula is C28H35N5OS. The Kier molecular flexibility index (Phi) is 5.37. The highest BCUT2D eigenvalue weighted by molar-refractivity contribution is 7.09. The molecule has 3 heterocycles. The Morgan fingerprint density at radius 1 is 0.943 bits per heavy atom. The smallest absolute Gasteiger partial charge is 0.261 e. The Bertz CT molecular complexity index is 1270. The number of para-hydroxylation sites is 1. The van der Waals surface area contributed by atoms with Crippen molar-refractivity contribution >= 4 is 22.2 Å². The van der Waals surface area contributed by atoms with Gasteiger partial charge >= 0.3 is 0 Å². The summed E-state index contributed by atoms with van der Waals surface area (Å²) in [6.45, 7) is 5.36. The van der Waals surface area contributed by atoms with E-state index in [1.54, 1.807) is 11.3 Å². The number of aromatic nitrogens is 3. The molecule has 1 aliphatic heterocycles. The Balaban J connectivity index is 1.21. The maximum absolute atomic E-state index is 13.6. The van der Waals surface area contributed by atoms with E-state index < -0.39 is 0 Å². The van der Waals surface area contributed by atoms with Crippen LogP contribution in [0.3, 0.4) is 0 Å². The summed E-state index contributed by atoms with van der Waals surface area (Å²) >= 11 is 1.74. The minimum absolute atomic E-state index is 0.0614. The first-order valence-corrected chi connectivity index (χ1v) is 14.3. The van der Waals surface area contributed by atoms with Gasteiger partial charge in [-0.05, 0) is 75.5 Å². The fourth-order valence-corrected chi connectivity index (χ4v) is 8.80. The van der Waals surface area contributed by atoms with Gasteiger partial charge < -0.3 is 4.90 Å². The first-order valence-electron chi connectivity index (χ1n) is 13.4. The Morgan fingerprint density at radius 2 is 1.63 bits per heavy atom. The van der Waals surface area contributed by atoms with E-state index in [-0.39, 0.29) is 5.56 Å². The molecule has 0 atom stereocenters. The van der Waals surface area contributed by atoms with Gasteiger partial charge in [0.1, 0.15) is 10.8 Å². The summed E-state index contributed by atoms with van der Waals surface area (Å²) in [5.41, 5.74) is 2.48. The highest BCUT2D eigenvalue weighted by Gasteiger charge is 2.52. The van der Waals surface area contributed by atoms with Gasteiger partial charge in [0.25, 0.3) is 5.56 Å². The van der Waals surface area contributed by atoms with E-state index in [0.29, 0.717) is 23.9 Å². The Labute approximate surface area is 211 Å². The average Bonchev–Trinajstić information content (AvgIpc) is 3.32. The van der Waals surface area contributed by atoms with Gasteiger partial charge in [0.15, 0.2) is 0 Å². The molecule has 0 spiro atoms. The molecule has 184 valence electrons. The lowest BCUT2D eigenvalue weighted by Gasteiger charge is -2.56. The van der Waals surface area contributed by atoms with Crippen LogP contribution in [0.5, 0.6) is 0 Å². The van der Waals surface area contributed by atoms with Crippen molar-refractivity contribution in [3.8, 4) is 0 Å². The van der Waals surface area contributed by atoms with Crippen molar-refractivity contribution in [3.05, 3.63) is 56.5 Å². The standard InChI is InChI=1S/C28H35N5OS/c1-31-6-8-32(9-7-31)16-25-29-23-5-3-2-4-22(23)27(34)33(25)17-26-30-24(18-35-26)28-13-19-10-20(14-28)12-21(11-19)15-28/h2-5,18-21H,6-17H2,1H3. The van der Waals surface area contributed by atoms with Crippen molar-refractivity contribution < 1.29 is 0 Å². The third-order valence-electron chi connectivity index (χ3n) is 9.33. The lowest BCUT2D eigenvalue weighted by Crippen LogP contribution is -2.48. The maximum Gasteiger partial charge on any atom is 0.261 e. The number of hydrogen-bond donors (Lipinski definition) is 0. The highest BCUT2D eigenvalue weighted by atomic mass is 32.1. The number of hydrogen-bond acceptors (Lipinski definition) is 6. The molecule has 3 aromatic rings. The molecule has 35 heavy (non-hydrogen) atoms. The fourth-order valence-electron chi connectivity index (χ4n) is 7.89. The third-order valence-corrected chi connectivity index (χ3v) is 10.2. The molecule has 1 saturated heterocycles. The monoisotopic (exact) mass is 489 g/mol. The number of rotatable bonds is 5. The van der Waals surface area contributed by atoms with Crippen molar-refractivity contribution in [2.45, 2.75) is 57.0 Å². The van der Waals surface area contributed by atoms with Gasteiger partial charge in [0.05, 0.1) is 29.7 Å². The minimum atomic E-state index is 0.0614. The first kappa shape index (κ1) is 22.1. The van der Waals surface area contributed by atoms with Gasteiger partial charge in [-0.3, -0.25) is 14.3 Å². The zero-order valence-corrected chi connectivity index (χ0v) is 21.5. The molecule has 2 aromatic heterocycles. The van der Waals surface area contributed by atoms with E-state index in [9.17, 15) is 4.79 Å². The number of fused-ring (bicyclic) bond motifs is 1. The van der Waals surface area contributed by atoms with Gasteiger partial charge in [0, 0.05) is 37.0 Å². The molecule has 0 N–H and O–H groups in total. The normalized spacial score (nSPS) is 30.9. The van der Waals surface area contributed by atoms with Gasteiger partial charge in [-0.25, -0.2) is 9.97 Å². The van der Waals surface area contributed by atoms with Gasteiger partial charge in [-0.1, -0.05) is 12.1 Å². The summed E-state index contributed by atoms with van der Waals surface area (Å²) in [5, 5.41) is 4.07. The number of nitrogens with zero attached hydrogens (tertiary/aromatic N) is 5. The molecule has 4 aliphatic carbocycles. The van der Waals surface area contributed by atoms with Gasteiger partial charge in [-0.2, -0.15) is 0 Å². The largest absolute Gasteiger partial charge is 0.304 e. The van der Waals surface area contributed by atoms with Crippen molar-refractivity contribution in [1.29, 1.82) is 0 Å². The lowest BCUT2D eigenvalue weighted by molar-refractivity contribution is -0.00698. The molecular weight excluding hydrogens is 454 g/mol. The molecule has 6 nitrogen and oxygen atoms in total. The summed E-state index contributed by atoms with van der Waals surface area (Å²) in [6.07, 6.45) is 8.33. The van der Waals surface area contributed by atoms with Crippen molar-refractivity contribution in [1.82, 2.24) is 24.3 Å². The summed E-state index contributed by atoms with van der Waals surface area (Å²) in [7, 11) is 2.17. The summed E-state index contributed by atoms with van der Waals surface area (Å²) in [4.78, 5) is 28.7. The van der Waals surface area contributed by atoms with Crippen LogP contribution in [0, 0.1) is 17.8 Å². The van der Waals surface area contributed by atoms with E-state index in [0.717, 1.165) is 60.3 Å². The lowest BCUT2D eigenvalue weighted by atomic mass is 9.49. The predicted molar refractivity (Wildman–Crippen MR) is 140 cm³/mol. The summed E-state index contributed by atoms with van der Waals surface area (Å²) in [6, 6.07) is 7.77. The third kappa shape index (κ3) is 3.96.